The van der Waals surface area contributed by atoms with E-state index >= 15 is 0 Å². The summed E-state index contributed by atoms with van der Waals surface area (Å²) in [6.07, 6.45) is 0.461. The Bertz CT molecular complexity index is 404. The van der Waals surface area contributed by atoms with E-state index in [4.69, 9.17) is 5.73 Å². The van der Waals surface area contributed by atoms with Crippen LogP contribution in [0.25, 0.3) is 0 Å². The van der Waals surface area contributed by atoms with Crippen molar-refractivity contribution >= 4 is 5.91 Å². The second-order valence-corrected chi connectivity index (χ2v) is 5.03. The number of amides is 1. The second kappa shape index (κ2) is 7.11. The van der Waals surface area contributed by atoms with Crippen LogP contribution in [0.5, 0.6) is 5.75 Å². The Morgan fingerprint density at radius 3 is 2.47 bits per heavy atom. The van der Waals surface area contributed by atoms with Gasteiger partial charge in [0.25, 0.3) is 0 Å². The average Bonchev–Trinajstić information content (AvgIpc) is 2.37. The first-order valence-corrected chi connectivity index (χ1v) is 6.37. The van der Waals surface area contributed by atoms with Gasteiger partial charge in [0.15, 0.2) is 0 Å². The summed E-state index contributed by atoms with van der Waals surface area (Å²) in [6, 6.07) is 6.42. The van der Waals surface area contributed by atoms with Gasteiger partial charge in [-0.25, -0.2) is 0 Å². The van der Waals surface area contributed by atoms with Gasteiger partial charge in [0, 0.05) is 12.6 Å². The number of nitrogens with zero attached hydrogens (tertiary/aromatic N) is 1. The van der Waals surface area contributed by atoms with E-state index in [0.717, 1.165) is 5.56 Å². The van der Waals surface area contributed by atoms with Gasteiger partial charge in [-0.15, -0.1) is 0 Å². The van der Waals surface area contributed by atoms with Crippen molar-refractivity contribution in [3.05, 3.63) is 29.8 Å². The van der Waals surface area contributed by atoms with Gasteiger partial charge < -0.3 is 21.1 Å². The molecule has 0 aliphatic heterocycles. The largest absolute Gasteiger partial charge is 0.508 e. The van der Waals surface area contributed by atoms with Crippen molar-refractivity contribution in [3.8, 4) is 5.75 Å². The van der Waals surface area contributed by atoms with Crippen molar-refractivity contribution in [2.24, 2.45) is 5.73 Å². The zero-order chi connectivity index (χ0) is 14.4. The minimum Gasteiger partial charge on any atom is -0.508 e. The fourth-order valence-electron chi connectivity index (χ4n) is 1.54. The van der Waals surface area contributed by atoms with Crippen LogP contribution in [-0.4, -0.2) is 48.6 Å². The van der Waals surface area contributed by atoms with Crippen molar-refractivity contribution in [2.45, 2.75) is 25.4 Å². The van der Waals surface area contributed by atoms with Crippen molar-refractivity contribution < 1.29 is 9.90 Å². The van der Waals surface area contributed by atoms with Gasteiger partial charge in [-0.3, -0.25) is 4.79 Å². The Kier molecular flexibility index (Phi) is 5.79. The van der Waals surface area contributed by atoms with Gasteiger partial charge in [0.05, 0.1) is 6.04 Å². The molecule has 5 nitrogen and oxygen atoms in total. The third kappa shape index (κ3) is 5.28. The lowest BCUT2D eigenvalue weighted by Gasteiger charge is -2.21. The number of benzene rings is 1. The first kappa shape index (κ1) is 15.5. The monoisotopic (exact) mass is 265 g/mol. The molecule has 0 bridgehead atoms. The van der Waals surface area contributed by atoms with Crippen molar-refractivity contribution in [1.29, 1.82) is 0 Å². The molecule has 106 valence electrons. The zero-order valence-corrected chi connectivity index (χ0v) is 11.8. The predicted molar refractivity (Wildman–Crippen MR) is 75.9 cm³/mol. The molecule has 4 N–H and O–H groups in total. The van der Waals surface area contributed by atoms with E-state index in [9.17, 15) is 9.90 Å². The van der Waals surface area contributed by atoms with Crippen LogP contribution in [0, 0.1) is 0 Å². The van der Waals surface area contributed by atoms with Gasteiger partial charge in [-0.1, -0.05) is 12.1 Å². The van der Waals surface area contributed by atoms with E-state index in [-0.39, 0.29) is 17.7 Å². The normalized spacial score (nSPS) is 14.2. The molecule has 1 amide bonds. The minimum absolute atomic E-state index is 0.151. The van der Waals surface area contributed by atoms with Crippen molar-refractivity contribution in [3.63, 3.8) is 0 Å². The van der Waals surface area contributed by atoms with E-state index in [2.05, 4.69) is 5.32 Å². The maximum Gasteiger partial charge on any atom is 0.237 e. The summed E-state index contributed by atoms with van der Waals surface area (Å²) in [4.78, 5) is 13.9. The molecule has 2 atom stereocenters. The number of hydrogen-bond acceptors (Lipinski definition) is 4. The Morgan fingerprint density at radius 1 is 1.37 bits per heavy atom. The third-order valence-electron chi connectivity index (χ3n) is 3.18. The number of nitrogens with two attached hydrogens (primary N) is 1. The molecule has 0 aromatic heterocycles. The SMILES string of the molecule is CC(CNC(=O)[C@H](N)Cc1ccc(O)cc1)N(C)C. The number of aromatic hydroxyl groups is 1. The lowest BCUT2D eigenvalue weighted by molar-refractivity contribution is -0.122. The van der Waals surface area contributed by atoms with Crippen molar-refractivity contribution in [1.82, 2.24) is 10.2 Å². The number of carbonyl (C=O) groups excluding carboxylic acids is 1. The highest BCUT2D eigenvalue weighted by Crippen LogP contribution is 2.10. The van der Waals surface area contributed by atoms with Crippen molar-refractivity contribution in [2.75, 3.05) is 20.6 Å². The van der Waals surface area contributed by atoms with E-state index in [1.165, 1.54) is 0 Å². The van der Waals surface area contributed by atoms with Gasteiger partial charge in [0.1, 0.15) is 5.75 Å². The Balaban J connectivity index is 2.42. The molecule has 1 unspecified atom stereocenters. The lowest BCUT2D eigenvalue weighted by atomic mass is 10.1. The van der Waals surface area contributed by atoms with Crippen LogP contribution in [0.15, 0.2) is 24.3 Å². The molecule has 0 saturated carbocycles. The molecule has 1 rings (SSSR count). The summed E-state index contributed by atoms with van der Waals surface area (Å²) < 4.78 is 0. The highest BCUT2D eigenvalue weighted by Gasteiger charge is 2.15. The average molecular weight is 265 g/mol. The highest BCUT2D eigenvalue weighted by atomic mass is 16.3. The van der Waals surface area contributed by atoms with Gasteiger partial charge in [0.2, 0.25) is 5.91 Å². The zero-order valence-electron chi connectivity index (χ0n) is 11.8. The number of rotatable bonds is 6. The van der Waals surface area contributed by atoms with Crippen LogP contribution in [0.3, 0.4) is 0 Å². The molecule has 5 heteroatoms. The molecular weight excluding hydrogens is 242 g/mol. The van der Waals surface area contributed by atoms with E-state index in [1.54, 1.807) is 24.3 Å². The number of likely N-dealkylation sites (N-methyl/N-ethyl adjacent to an activating group) is 1. The maximum atomic E-state index is 11.8. The fourth-order valence-corrected chi connectivity index (χ4v) is 1.54. The van der Waals surface area contributed by atoms with Gasteiger partial charge >= 0.3 is 0 Å². The molecule has 19 heavy (non-hydrogen) atoms. The molecule has 0 aliphatic carbocycles. The topological polar surface area (TPSA) is 78.6 Å². The van der Waals surface area contributed by atoms with Crippen LogP contribution in [0.1, 0.15) is 12.5 Å². The van der Waals surface area contributed by atoms with Crippen LogP contribution in [-0.2, 0) is 11.2 Å². The summed E-state index contributed by atoms with van der Waals surface area (Å²) in [5.41, 5.74) is 6.79. The first-order valence-electron chi connectivity index (χ1n) is 6.37. The number of phenols is 1. The molecule has 0 radical (unpaired) electrons. The highest BCUT2D eigenvalue weighted by molar-refractivity contribution is 5.81. The lowest BCUT2D eigenvalue weighted by Crippen LogP contribution is -2.46. The number of phenolic OH excluding ortho intramolecular Hbond substituents is 1. The summed E-state index contributed by atoms with van der Waals surface area (Å²) >= 11 is 0. The molecule has 0 fully saturated rings. The van der Waals surface area contributed by atoms with Gasteiger partial charge in [-0.05, 0) is 45.1 Å². The Morgan fingerprint density at radius 2 is 1.95 bits per heavy atom. The second-order valence-electron chi connectivity index (χ2n) is 5.03. The summed E-state index contributed by atoms with van der Waals surface area (Å²) in [6.45, 7) is 2.61. The van der Waals surface area contributed by atoms with Crippen LogP contribution < -0.4 is 11.1 Å². The fraction of sp³-hybridized carbons (Fsp3) is 0.500. The van der Waals surface area contributed by atoms with E-state index < -0.39 is 6.04 Å². The summed E-state index contributed by atoms with van der Waals surface area (Å²) in [5.74, 6) is 0.0587. The standard InChI is InChI=1S/C14H23N3O2/c1-10(17(2)3)9-16-14(19)13(15)8-11-4-6-12(18)7-5-11/h4-7,10,13,18H,8-9,15H2,1-3H3,(H,16,19)/t10?,13-/m1/s1. The Hall–Kier alpha value is -1.59. The number of hydrogen-bond donors (Lipinski definition) is 3. The molecule has 0 aliphatic rings. The van der Waals surface area contributed by atoms with Gasteiger partial charge in [-0.2, -0.15) is 0 Å². The quantitative estimate of drug-likeness (QED) is 0.692. The Labute approximate surface area is 114 Å². The molecule has 0 heterocycles. The predicted octanol–water partition coefficient (Wildman–Crippen LogP) is 0.328. The first-order chi connectivity index (χ1) is 8.90. The van der Waals surface area contributed by atoms with Crippen LogP contribution >= 0.6 is 0 Å². The smallest absolute Gasteiger partial charge is 0.237 e. The minimum atomic E-state index is -0.570. The molecule has 1 aromatic rings. The number of carbonyl (C=O) groups is 1. The third-order valence-corrected chi connectivity index (χ3v) is 3.18. The molecule has 0 spiro atoms. The van der Waals surface area contributed by atoms with Crippen LogP contribution in [0.4, 0.5) is 0 Å². The summed E-state index contributed by atoms with van der Waals surface area (Å²) in [7, 11) is 3.93. The van der Waals surface area contributed by atoms with E-state index in [1.807, 2.05) is 25.9 Å². The maximum absolute atomic E-state index is 11.8. The van der Waals surface area contributed by atoms with E-state index in [0.29, 0.717) is 13.0 Å². The van der Waals surface area contributed by atoms with Crippen LogP contribution in [0.2, 0.25) is 0 Å². The molecule has 0 saturated heterocycles. The summed E-state index contributed by atoms with van der Waals surface area (Å²) in [5, 5.41) is 12.0. The molecule has 1 aromatic carbocycles. The number of nitrogens with one attached hydrogen (secondary N) is 1. The molecular formula is C14H23N3O2.